The Hall–Kier alpha value is -1.89. The molecule has 7 heteroatoms. The highest BCUT2D eigenvalue weighted by Crippen LogP contribution is 2.32. The third-order valence-electron chi connectivity index (χ3n) is 3.89. The summed E-state index contributed by atoms with van der Waals surface area (Å²) < 4.78 is 52.5. The minimum atomic E-state index is -4.65. The average Bonchev–Trinajstić information content (AvgIpc) is 2.52. The summed E-state index contributed by atoms with van der Waals surface area (Å²) in [7, 11) is 0. The van der Waals surface area contributed by atoms with E-state index in [2.05, 4.69) is 10.6 Å². The molecular formula is C17H20F4N2O. The molecule has 1 amide bonds. The van der Waals surface area contributed by atoms with Gasteiger partial charge in [0.2, 0.25) is 5.91 Å². The summed E-state index contributed by atoms with van der Waals surface area (Å²) in [5, 5.41) is 5.79. The van der Waals surface area contributed by atoms with Gasteiger partial charge in [-0.05, 0) is 56.5 Å². The fourth-order valence-electron chi connectivity index (χ4n) is 2.62. The van der Waals surface area contributed by atoms with E-state index in [0.717, 1.165) is 37.1 Å². The maximum atomic E-state index is 13.7. The Morgan fingerprint density at radius 2 is 1.79 bits per heavy atom. The zero-order chi connectivity index (χ0) is 17.7. The van der Waals surface area contributed by atoms with Crippen LogP contribution in [0.2, 0.25) is 0 Å². The Labute approximate surface area is 138 Å². The van der Waals surface area contributed by atoms with Crippen LogP contribution in [0.15, 0.2) is 23.8 Å². The quantitative estimate of drug-likeness (QED) is 0.760. The van der Waals surface area contributed by atoms with Crippen molar-refractivity contribution >= 4 is 11.6 Å². The van der Waals surface area contributed by atoms with Crippen LogP contribution in [-0.4, -0.2) is 19.0 Å². The normalized spacial score (nSPS) is 21.1. The zero-order valence-electron chi connectivity index (χ0n) is 13.4. The van der Waals surface area contributed by atoms with Crippen LogP contribution in [0, 0.1) is 5.82 Å². The average molecular weight is 344 g/mol. The lowest BCUT2D eigenvalue weighted by Gasteiger charge is -2.16. The Morgan fingerprint density at radius 3 is 2.50 bits per heavy atom. The molecule has 1 heterocycles. The number of alkyl halides is 3. The third kappa shape index (κ3) is 5.06. The number of allylic oxidation sites excluding steroid dienone is 1. The van der Waals surface area contributed by atoms with Gasteiger partial charge in [-0.25, -0.2) is 4.39 Å². The molecule has 0 fully saturated rings. The number of carbonyl (C=O) groups excluding carboxylic acids is 1. The van der Waals surface area contributed by atoms with E-state index < -0.39 is 17.6 Å². The summed E-state index contributed by atoms with van der Waals surface area (Å²) in [4.78, 5) is 12.0. The van der Waals surface area contributed by atoms with E-state index in [1.165, 1.54) is 0 Å². The number of hydrogen-bond donors (Lipinski definition) is 2. The number of hydrogen-bond acceptors (Lipinski definition) is 2. The van der Waals surface area contributed by atoms with E-state index >= 15 is 0 Å². The van der Waals surface area contributed by atoms with Crippen molar-refractivity contribution in [3.8, 4) is 0 Å². The van der Waals surface area contributed by atoms with Crippen LogP contribution < -0.4 is 10.6 Å². The number of rotatable bonds is 1. The molecule has 1 aliphatic heterocycles. The summed E-state index contributed by atoms with van der Waals surface area (Å²) >= 11 is 0. The number of halogens is 4. The molecule has 0 spiro atoms. The summed E-state index contributed by atoms with van der Waals surface area (Å²) in [6, 6.07) is 2.35. The SMILES string of the molecule is C/C1=C(/c2cc(F)cc(C(F)(F)F)c2)NC(=O)CCNCCCC1. The standard InChI is InChI=1S/C17H20F4N2O/c1-11-4-2-3-6-22-7-5-15(24)23-16(11)12-8-13(17(19,20)21)10-14(18)9-12/h8-10,22H,2-7H2,1H3,(H,23,24)/b16-11+. The molecule has 24 heavy (non-hydrogen) atoms. The van der Waals surface area contributed by atoms with Crippen molar-refractivity contribution in [1.29, 1.82) is 0 Å². The fourth-order valence-corrected chi connectivity index (χ4v) is 2.62. The van der Waals surface area contributed by atoms with Crippen molar-refractivity contribution in [3.05, 3.63) is 40.7 Å². The molecule has 0 aliphatic carbocycles. The van der Waals surface area contributed by atoms with Gasteiger partial charge in [0, 0.05) is 24.2 Å². The summed E-state index contributed by atoms with van der Waals surface area (Å²) in [6.45, 7) is 3.03. The van der Waals surface area contributed by atoms with Crippen LogP contribution in [0.1, 0.15) is 43.7 Å². The Balaban J connectivity index is 2.43. The lowest BCUT2D eigenvalue weighted by Crippen LogP contribution is -2.27. The van der Waals surface area contributed by atoms with E-state index in [9.17, 15) is 22.4 Å². The second-order valence-corrected chi connectivity index (χ2v) is 5.89. The lowest BCUT2D eigenvalue weighted by atomic mass is 10.0. The monoisotopic (exact) mass is 344 g/mol. The second-order valence-electron chi connectivity index (χ2n) is 5.89. The van der Waals surface area contributed by atoms with Crippen molar-refractivity contribution < 1.29 is 22.4 Å². The van der Waals surface area contributed by atoms with E-state index in [-0.39, 0.29) is 23.6 Å². The molecule has 1 aromatic carbocycles. The van der Waals surface area contributed by atoms with Crippen molar-refractivity contribution in [2.24, 2.45) is 0 Å². The molecule has 2 rings (SSSR count). The summed E-state index contributed by atoms with van der Waals surface area (Å²) in [5.41, 5.74) is -0.0145. The van der Waals surface area contributed by atoms with Gasteiger partial charge in [0.05, 0.1) is 5.56 Å². The molecule has 0 saturated heterocycles. The Bertz CT molecular complexity index is 638. The molecule has 132 valence electrons. The van der Waals surface area contributed by atoms with Crippen LogP contribution in [-0.2, 0) is 11.0 Å². The van der Waals surface area contributed by atoms with Crippen molar-refractivity contribution in [3.63, 3.8) is 0 Å². The minimum Gasteiger partial charge on any atom is -0.326 e. The maximum Gasteiger partial charge on any atom is 0.416 e. The first-order chi connectivity index (χ1) is 11.3. The third-order valence-corrected chi connectivity index (χ3v) is 3.89. The van der Waals surface area contributed by atoms with Gasteiger partial charge < -0.3 is 10.6 Å². The van der Waals surface area contributed by atoms with Gasteiger partial charge >= 0.3 is 6.18 Å². The molecule has 0 aromatic heterocycles. The molecule has 1 aromatic rings. The molecule has 1 aliphatic rings. The number of carbonyl (C=O) groups is 1. The zero-order valence-corrected chi connectivity index (χ0v) is 13.4. The van der Waals surface area contributed by atoms with Crippen molar-refractivity contribution in [2.75, 3.05) is 13.1 Å². The number of nitrogens with one attached hydrogen (secondary N) is 2. The van der Waals surface area contributed by atoms with E-state index in [4.69, 9.17) is 0 Å². The molecule has 0 radical (unpaired) electrons. The van der Waals surface area contributed by atoms with Crippen molar-refractivity contribution in [2.45, 2.75) is 38.8 Å². The van der Waals surface area contributed by atoms with E-state index in [0.29, 0.717) is 19.0 Å². The van der Waals surface area contributed by atoms with Crippen LogP contribution in [0.4, 0.5) is 17.6 Å². The molecule has 0 atom stereocenters. The Morgan fingerprint density at radius 1 is 1.04 bits per heavy atom. The van der Waals surface area contributed by atoms with Gasteiger partial charge in [-0.1, -0.05) is 0 Å². The largest absolute Gasteiger partial charge is 0.416 e. The van der Waals surface area contributed by atoms with E-state index in [1.807, 2.05) is 0 Å². The first kappa shape index (κ1) is 18.4. The first-order valence-corrected chi connectivity index (χ1v) is 7.86. The molecule has 0 saturated carbocycles. The molecule has 2 N–H and O–H groups in total. The molecule has 3 nitrogen and oxygen atoms in total. The van der Waals surface area contributed by atoms with Gasteiger partial charge in [-0.2, -0.15) is 13.2 Å². The highest BCUT2D eigenvalue weighted by atomic mass is 19.4. The van der Waals surface area contributed by atoms with Gasteiger partial charge in [-0.15, -0.1) is 0 Å². The minimum absolute atomic E-state index is 0.0420. The first-order valence-electron chi connectivity index (χ1n) is 7.86. The lowest BCUT2D eigenvalue weighted by molar-refractivity contribution is -0.137. The van der Waals surface area contributed by atoms with Gasteiger partial charge in [0.25, 0.3) is 0 Å². The molecule has 0 bridgehead atoms. The van der Waals surface area contributed by atoms with Gasteiger partial charge in [0.1, 0.15) is 5.82 Å². The van der Waals surface area contributed by atoms with Crippen molar-refractivity contribution in [1.82, 2.24) is 10.6 Å². The van der Waals surface area contributed by atoms with Gasteiger partial charge in [0.15, 0.2) is 0 Å². The predicted molar refractivity (Wildman–Crippen MR) is 83.5 cm³/mol. The summed E-state index contributed by atoms with van der Waals surface area (Å²) in [6.07, 6.45) is -2.09. The second kappa shape index (κ2) is 7.79. The molecule has 0 unspecified atom stereocenters. The van der Waals surface area contributed by atoms with Crippen LogP contribution in [0.5, 0.6) is 0 Å². The topological polar surface area (TPSA) is 41.1 Å². The maximum absolute atomic E-state index is 13.7. The summed E-state index contributed by atoms with van der Waals surface area (Å²) in [5.74, 6) is -1.29. The van der Waals surface area contributed by atoms with Crippen LogP contribution in [0.3, 0.4) is 0 Å². The smallest absolute Gasteiger partial charge is 0.326 e. The van der Waals surface area contributed by atoms with E-state index in [1.54, 1.807) is 6.92 Å². The number of benzene rings is 1. The van der Waals surface area contributed by atoms with Crippen LogP contribution >= 0.6 is 0 Å². The molecular weight excluding hydrogens is 324 g/mol. The van der Waals surface area contributed by atoms with Crippen LogP contribution in [0.25, 0.3) is 5.70 Å². The fraction of sp³-hybridized carbons (Fsp3) is 0.471. The van der Waals surface area contributed by atoms with Gasteiger partial charge in [-0.3, -0.25) is 4.79 Å². The highest BCUT2D eigenvalue weighted by Gasteiger charge is 2.31. The highest BCUT2D eigenvalue weighted by molar-refractivity contribution is 5.87. The predicted octanol–water partition coefficient (Wildman–Crippen LogP) is 3.86. The Kier molecular flexibility index (Phi) is 5.99. The number of amides is 1.